The van der Waals surface area contributed by atoms with Crippen molar-refractivity contribution in [3.63, 3.8) is 0 Å². The van der Waals surface area contributed by atoms with E-state index in [2.05, 4.69) is 76.8 Å². The van der Waals surface area contributed by atoms with Gasteiger partial charge in [0.05, 0.1) is 10.6 Å². The van der Waals surface area contributed by atoms with Crippen LogP contribution in [0.15, 0.2) is 82.2 Å². The van der Waals surface area contributed by atoms with Gasteiger partial charge in [-0.25, -0.2) is 0 Å². The SMILES string of the molecule is Cc1cc(/C=C2\SC(=O)N(CCCc3ccccc3)C2=O)c(C)n1-c1ccc(Br)c2ccccc12. The molecule has 1 saturated heterocycles. The Hall–Kier alpha value is -3.09. The number of aromatic nitrogens is 1. The van der Waals surface area contributed by atoms with Crippen LogP contribution in [0.2, 0.25) is 0 Å². The van der Waals surface area contributed by atoms with Crippen molar-refractivity contribution in [2.24, 2.45) is 0 Å². The van der Waals surface area contributed by atoms with Crippen LogP contribution in [0.1, 0.15) is 28.9 Å². The molecule has 2 amide bonds. The molecule has 1 aliphatic heterocycles. The zero-order valence-electron chi connectivity index (χ0n) is 19.6. The van der Waals surface area contributed by atoms with Gasteiger partial charge >= 0.3 is 0 Å². The Kier molecular flexibility index (Phi) is 6.67. The Morgan fingerprint density at radius 2 is 1.63 bits per heavy atom. The Balaban J connectivity index is 1.40. The van der Waals surface area contributed by atoms with Gasteiger partial charge in [-0.3, -0.25) is 14.5 Å². The van der Waals surface area contributed by atoms with Crippen molar-refractivity contribution in [3.05, 3.63) is 105 Å². The average Bonchev–Trinajstić information content (AvgIpc) is 3.29. The molecule has 0 N–H and O–H groups in total. The number of hydrogen-bond acceptors (Lipinski definition) is 3. The number of imide groups is 1. The number of rotatable bonds is 6. The average molecular weight is 546 g/mol. The van der Waals surface area contributed by atoms with Crippen LogP contribution in [0.4, 0.5) is 4.79 Å². The highest BCUT2D eigenvalue weighted by molar-refractivity contribution is 9.10. The van der Waals surface area contributed by atoms with Gasteiger partial charge in [0.2, 0.25) is 0 Å². The molecule has 5 rings (SSSR count). The van der Waals surface area contributed by atoms with Crippen molar-refractivity contribution in [2.45, 2.75) is 26.7 Å². The first-order chi connectivity index (χ1) is 16.9. The lowest BCUT2D eigenvalue weighted by molar-refractivity contribution is -0.122. The largest absolute Gasteiger partial charge is 0.317 e. The van der Waals surface area contributed by atoms with E-state index in [0.29, 0.717) is 11.4 Å². The summed E-state index contributed by atoms with van der Waals surface area (Å²) < 4.78 is 3.27. The summed E-state index contributed by atoms with van der Waals surface area (Å²) in [5, 5.41) is 2.10. The summed E-state index contributed by atoms with van der Waals surface area (Å²) in [6.45, 7) is 4.55. The van der Waals surface area contributed by atoms with E-state index >= 15 is 0 Å². The van der Waals surface area contributed by atoms with Crippen molar-refractivity contribution >= 4 is 55.7 Å². The first kappa shape index (κ1) is 23.6. The fourth-order valence-corrected chi connectivity index (χ4v) is 6.00. The number of thioether (sulfide) groups is 1. The van der Waals surface area contributed by atoms with Crippen molar-refractivity contribution in [1.29, 1.82) is 0 Å². The van der Waals surface area contributed by atoms with Gasteiger partial charge in [-0.1, -0.05) is 70.5 Å². The summed E-state index contributed by atoms with van der Waals surface area (Å²) in [4.78, 5) is 27.5. The van der Waals surface area contributed by atoms with Crippen molar-refractivity contribution in [1.82, 2.24) is 9.47 Å². The fraction of sp³-hybridized carbons (Fsp3) is 0.172. The lowest BCUT2D eigenvalue weighted by Crippen LogP contribution is -2.29. The summed E-state index contributed by atoms with van der Waals surface area (Å²) in [5.41, 5.74) is 5.36. The molecule has 0 atom stereocenters. The maximum atomic E-state index is 13.1. The second-order valence-corrected chi connectivity index (χ2v) is 10.5. The maximum absolute atomic E-state index is 13.1. The summed E-state index contributed by atoms with van der Waals surface area (Å²) in [7, 11) is 0. The molecule has 4 nitrogen and oxygen atoms in total. The molecule has 0 bridgehead atoms. The summed E-state index contributed by atoms with van der Waals surface area (Å²) >= 11 is 4.69. The van der Waals surface area contributed by atoms with Crippen LogP contribution in [0, 0.1) is 13.8 Å². The predicted octanol–water partition coefficient (Wildman–Crippen LogP) is 7.68. The van der Waals surface area contributed by atoms with Gasteiger partial charge in [-0.15, -0.1) is 0 Å². The molecular weight excluding hydrogens is 520 g/mol. The third kappa shape index (κ3) is 4.60. The Bertz CT molecular complexity index is 1470. The second-order valence-electron chi connectivity index (χ2n) is 8.70. The van der Waals surface area contributed by atoms with Gasteiger partial charge in [0, 0.05) is 27.8 Å². The number of carbonyl (C=O) groups excluding carboxylic acids is 2. The Labute approximate surface area is 217 Å². The predicted molar refractivity (Wildman–Crippen MR) is 148 cm³/mol. The molecular formula is C29H25BrN2O2S. The Morgan fingerprint density at radius 1 is 0.914 bits per heavy atom. The highest BCUT2D eigenvalue weighted by atomic mass is 79.9. The van der Waals surface area contributed by atoms with E-state index in [9.17, 15) is 9.59 Å². The molecule has 1 aromatic heterocycles. The molecule has 3 aromatic carbocycles. The van der Waals surface area contributed by atoms with E-state index in [1.54, 1.807) is 0 Å². The van der Waals surface area contributed by atoms with E-state index in [1.807, 2.05) is 36.4 Å². The molecule has 0 radical (unpaired) electrons. The lowest BCUT2D eigenvalue weighted by Gasteiger charge is -2.14. The topological polar surface area (TPSA) is 42.3 Å². The van der Waals surface area contributed by atoms with Crippen molar-refractivity contribution in [2.75, 3.05) is 6.54 Å². The van der Waals surface area contributed by atoms with Crippen LogP contribution in [0.25, 0.3) is 22.5 Å². The third-order valence-corrected chi connectivity index (χ3v) is 8.01. The normalized spacial score (nSPS) is 15.1. The van der Waals surface area contributed by atoms with Crippen LogP contribution in [0.5, 0.6) is 0 Å². The van der Waals surface area contributed by atoms with Crippen molar-refractivity contribution in [3.8, 4) is 5.69 Å². The highest BCUT2D eigenvalue weighted by Crippen LogP contribution is 2.35. The van der Waals surface area contributed by atoms with Crippen LogP contribution in [-0.2, 0) is 11.2 Å². The van der Waals surface area contributed by atoms with Crippen LogP contribution >= 0.6 is 27.7 Å². The van der Waals surface area contributed by atoms with E-state index < -0.39 is 0 Å². The van der Waals surface area contributed by atoms with Crippen molar-refractivity contribution < 1.29 is 9.59 Å². The van der Waals surface area contributed by atoms with E-state index in [1.165, 1.54) is 10.5 Å². The van der Waals surface area contributed by atoms with Gasteiger partial charge in [0.1, 0.15) is 0 Å². The number of amides is 2. The molecule has 2 heterocycles. The molecule has 4 aromatic rings. The first-order valence-corrected chi connectivity index (χ1v) is 13.2. The second kappa shape index (κ2) is 9.88. The minimum atomic E-state index is -0.202. The smallest absolute Gasteiger partial charge is 0.293 e. The number of carbonyl (C=O) groups is 2. The number of benzene rings is 3. The minimum Gasteiger partial charge on any atom is -0.317 e. The molecule has 0 spiro atoms. The quantitative estimate of drug-likeness (QED) is 0.234. The lowest BCUT2D eigenvalue weighted by atomic mass is 10.1. The summed E-state index contributed by atoms with van der Waals surface area (Å²) in [6.07, 6.45) is 3.45. The van der Waals surface area contributed by atoms with Gasteiger partial charge in [-0.05, 0) is 79.2 Å². The molecule has 176 valence electrons. The maximum Gasteiger partial charge on any atom is 0.293 e. The fourth-order valence-electron chi connectivity index (χ4n) is 4.67. The van der Waals surface area contributed by atoms with Gasteiger partial charge < -0.3 is 4.57 Å². The minimum absolute atomic E-state index is 0.193. The number of halogens is 1. The summed E-state index contributed by atoms with van der Waals surface area (Å²) in [6, 6.07) is 24.7. The molecule has 35 heavy (non-hydrogen) atoms. The third-order valence-electron chi connectivity index (χ3n) is 6.41. The zero-order valence-corrected chi connectivity index (χ0v) is 22.0. The number of fused-ring (bicyclic) bond motifs is 1. The standard InChI is InChI=1S/C29H25BrN2O2S/c1-19-17-22(20(2)32(19)26-15-14-25(30)23-12-6-7-13-24(23)26)18-27-28(33)31(29(34)35-27)16-8-11-21-9-4-3-5-10-21/h3-7,9-10,12-15,17-18H,8,11,16H2,1-2H3/b27-18-. The van der Waals surface area contributed by atoms with E-state index in [-0.39, 0.29) is 11.1 Å². The number of aryl methyl sites for hydroxylation is 2. The van der Waals surface area contributed by atoms with Gasteiger partial charge in [0.15, 0.2) is 0 Å². The van der Waals surface area contributed by atoms with Crippen LogP contribution in [-0.4, -0.2) is 27.2 Å². The molecule has 0 aliphatic carbocycles. The number of nitrogens with zero attached hydrogens (tertiary/aromatic N) is 2. The van der Waals surface area contributed by atoms with E-state index in [4.69, 9.17) is 0 Å². The molecule has 6 heteroatoms. The monoisotopic (exact) mass is 544 g/mol. The molecule has 1 fully saturated rings. The molecule has 0 unspecified atom stereocenters. The number of hydrogen-bond donors (Lipinski definition) is 0. The highest BCUT2D eigenvalue weighted by Gasteiger charge is 2.34. The van der Waals surface area contributed by atoms with Gasteiger partial charge in [-0.2, -0.15) is 0 Å². The van der Waals surface area contributed by atoms with E-state index in [0.717, 1.165) is 62.5 Å². The summed E-state index contributed by atoms with van der Waals surface area (Å²) in [5.74, 6) is -0.202. The van der Waals surface area contributed by atoms with Crippen LogP contribution < -0.4 is 0 Å². The first-order valence-electron chi connectivity index (χ1n) is 11.6. The molecule has 1 aliphatic rings. The Morgan fingerprint density at radius 3 is 2.40 bits per heavy atom. The molecule has 0 saturated carbocycles. The van der Waals surface area contributed by atoms with Gasteiger partial charge in [0.25, 0.3) is 11.1 Å². The van der Waals surface area contributed by atoms with Crippen LogP contribution in [0.3, 0.4) is 0 Å². The zero-order chi connectivity index (χ0) is 24.5.